The van der Waals surface area contributed by atoms with E-state index in [1.165, 1.54) is 23.1 Å². The van der Waals surface area contributed by atoms with Crippen LogP contribution in [0, 0.1) is 5.82 Å². The van der Waals surface area contributed by atoms with Crippen molar-refractivity contribution in [1.29, 1.82) is 0 Å². The highest BCUT2D eigenvalue weighted by molar-refractivity contribution is 6.33. The summed E-state index contributed by atoms with van der Waals surface area (Å²) in [4.78, 5) is 25.3. The van der Waals surface area contributed by atoms with Crippen molar-refractivity contribution in [2.24, 2.45) is 0 Å². The van der Waals surface area contributed by atoms with Gasteiger partial charge < -0.3 is 10.0 Å². The minimum atomic E-state index is -1.02. The van der Waals surface area contributed by atoms with E-state index in [1.54, 1.807) is 25.2 Å². The Morgan fingerprint density at radius 3 is 2.71 bits per heavy atom. The first-order chi connectivity index (χ1) is 11.4. The minimum Gasteiger partial charge on any atom is -0.478 e. The number of benzene rings is 2. The van der Waals surface area contributed by atoms with Crippen LogP contribution in [0.15, 0.2) is 36.4 Å². The van der Waals surface area contributed by atoms with Gasteiger partial charge in [0.2, 0.25) is 0 Å². The highest BCUT2D eigenvalue weighted by Crippen LogP contribution is 2.37. The number of nitrogens with zero attached hydrogens (tertiary/aromatic N) is 1. The Kier molecular flexibility index (Phi) is 4.28. The molecular formula is C18H15ClFNO3. The second-order valence-electron chi connectivity index (χ2n) is 5.79. The first-order valence-electron chi connectivity index (χ1n) is 7.47. The predicted molar refractivity (Wildman–Crippen MR) is 88.0 cm³/mol. The molecule has 0 heterocycles. The molecule has 0 aromatic heterocycles. The molecule has 1 aliphatic rings. The van der Waals surface area contributed by atoms with Crippen molar-refractivity contribution in [3.8, 4) is 0 Å². The molecule has 0 saturated heterocycles. The number of carboxylic acids is 1. The maximum absolute atomic E-state index is 14.0. The molecule has 0 bridgehead atoms. The summed E-state index contributed by atoms with van der Waals surface area (Å²) in [6.45, 7) is 0. The summed E-state index contributed by atoms with van der Waals surface area (Å²) in [5.41, 5.74) is 1.80. The van der Waals surface area contributed by atoms with Gasteiger partial charge in [-0.25, -0.2) is 9.18 Å². The first kappa shape index (κ1) is 16.5. The third-order valence-electron chi connectivity index (χ3n) is 4.40. The summed E-state index contributed by atoms with van der Waals surface area (Å²) in [7, 11) is 1.58. The van der Waals surface area contributed by atoms with Crippen LogP contribution in [0.2, 0.25) is 5.02 Å². The SMILES string of the molecule is CN(C(=O)c1c(F)cccc1Cl)[C@@H]1CCc2ccc(C(=O)O)cc21. The molecule has 1 aliphatic carbocycles. The lowest BCUT2D eigenvalue weighted by Gasteiger charge is -2.26. The van der Waals surface area contributed by atoms with Crippen molar-refractivity contribution >= 4 is 23.5 Å². The maximum Gasteiger partial charge on any atom is 0.335 e. The van der Waals surface area contributed by atoms with Crippen LogP contribution in [0.4, 0.5) is 4.39 Å². The molecule has 0 spiro atoms. The highest BCUT2D eigenvalue weighted by atomic mass is 35.5. The zero-order valence-corrected chi connectivity index (χ0v) is 13.7. The molecule has 3 rings (SSSR count). The standard InChI is InChI=1S/C18H15ClFNO3/c1-21(17(22)16-13(19)3-2-4-14(16)20)15-8-7-10-5-6-11(18(23)24)9-12(10)15/h2-6,9,15H,7-8H2,1H3,(H,23,24)/t15-/m1/s1. The zero-order valence-electron chi connectivity index (χ0n) is 12.9. The van der Waals surface area contributed by atoms with E-state index in [-0.39, 0.29) is 22.2 Å². The number of aromatic carboxylic acids is 1. The van der Waals surface area contributed by atoms with Gasteiger partial charge in [-0.2, -0.15) is 0 Å². The topological polar surface area (TPSA) is 57.6 Å². The lowest BCUT2D eigenvalue weighted by Crippen LogP contribution is -2.31. The van der Waals surface area contributed by atoms with E-state index in [0.29, 0.717) is 6.42 Å². The van der Waals surface area contributed by atoms with Crippen LogP contribution in [0.1, 0.15) is 44.3 Å². The molecule has 0 saturated carbocycles. The normalized spacial score (nSPS) is 15.9. The molecule has 0 fully saturated rings. The van der Waals surface area contributed by atoms with Gasteiger partial charge >= 0.3 is 5.97 Å². The molecule has 2 aromatic rings. The van der Waals surface area contributed by atoms with E-state index in [4.69, 9.17) is 16.7 Å². The maximum atomic E-state index is 14.0. The Morgan fingerprint density at radius 2 is 2.04 bits per heavy atom. The number of carboxylic acid groups (broad SMARTS) is 1. The zero-order chi connectivity index (χ0) is 17.4. The molecule has 24 heavy (non-hydrogen) atoms. The Balaban J connectivity index is 1.96. The van der Waals surface area contributed by atoms with E-state index in [2.05, 4.69) is 0 Å². The van der Waals surface area contributed by atoms with Crippen LogP contribution in [-0.4, -0.2) is 28.9 Å². The van der Waals surface area contributed by atoms with Crippen LogP contribution in [0.25, 0.3) is 0 Å². The molecule has 1 N–H and O–H groups in total. The molecule has 2 aromatic carbocycles. The van der Waals surface area contributed by atoms with E-state index in [9.17, 15) is 14.0 Å². The van der Waals surface area contributed by atoms with Crippen LogP contribution >= 0.6 is 11.6 Å². The number of amides is 1. The van der Waals surface area contributed by atoms with Gasteiger partial charge in [0, 0.05) is 7.05 Å². The number of aryl methyl sites for hydroxylation is 1. The van der Waals surface area contributed by atoms with E-state index < -0.39 is 17.7 Å². The van der Waals surface area contributed by atoms with Gasteiger partial charge in [-0.05, 0) is 48.2 Å². The first-order valence-corrected chi connectivity index (χ1v) is 7.85. The van der Waals surface area contributed by atoms with Gasteiger partial charge in [-0.15, -0.1) is 0 Å². The molecule has 0 radical (unpaired) electrons. The predicted octanol–water partition coefficient (Wildman–Crippen LogP) is 3.94. The van der Waals surface area contributed by atoms with Gasteiger partial charge in [-0.3, -0.25) is 4.79 Å². The van der Waals surface area contributed by atoms with Crippen molar-refractivity contribution in [2.45, 2.75) is 18.9 Å². The van der Waals surface area contributed by atoms with Gasteiger partial charge in [0.1, 0.15) is 5.82 Å². The Hall–Kier alpha value is -2.40. The second-order valence-corrected chi connectivity index (χ2v) is 6.19. The fraction of sp³-hybridized carbons (Fsp3) is 0.222. The summed E-state index contributed by atoms with van der Waals surface area (Å²) >= 11 is 5.98. The van der Waals surface area contributed by atoms with E-state index in [0.717, 1.165) is 17.5 Å². The number of hydrogen-bond acceptors (Lipinski definition) is 2. The number of carbonyl (C=O) groups excluding carboxylic acids is 1. The summed E-state index contributed by atoms with van der Waals surface area (Å²) in [6, 6.07) is 8.71. The smallest absolute Gasteiger partial charge is 0.335 e. The highest BCUT2D eigenvalue weighted by Gasteiger charge is 2.31. The van der Waals surface area contributed by atoms with Crippen molar-refractivity contribution < 1.29 is 19.1 Å². The third kappa shape index (κ3) is 2.76. The average Bonchev–Trinajstić information content (AvgIpc) is 2.96. The molecule has 0 aliphatic heterocycles. The summed E-state index contributed by atoms with van der Waals surface area (Å²) < 4.78 is 14.0. The van der Waals surface area contributed by atoms with Gasteiger partial charge in [0.15, 0.2) is 0 Å². The monoisotopic (exact) mass is 347 g/mol. The van der Waals surface area contributed by atoms with Crippen molar-refractivity contribution in [3.63, 3.8) is 0 Å². The number of fused-ring (bicyclic) bond motifs is 1. The van der Waals surface area contributed by atoms with Crippen molar-refractivity contribution in [1.82, 2.24) is 4.90 Å². The van der Waals surface area contributed by atoms with Crippen LogP contribution < -0.4 is 0 Å². The number of halogens is 2. The van der Waals surface area contributed by atoms with Crippen molar-refractivity contribution in [2.75, 3.05) is 7.05 Å². The summed E-state index contributed by atoms with van der Waals surface area (Å²) in [5.74, 6) is -2.21. The van der Waals surface area contributed by atoms with E-state index >= 15 is 0 Å². The molecule has 124 valence electrons. The second kappa shape index (κ2) is 6.24. The Labute approximate surface area is 143 Å². The molecule has 0 unspecified atom stereocenters. The van der Waals surface area contributed by atoms with Crippen LogP contribution in [0.5, 0.6) is 0 Å². The molecule has 6 heteroatoms. The number of hydrogen-bond donors (Lipinski definition) is 1. The summed E-state index contributed by atoms with van der Waals surface area (Å²) in [6.07, 6.45) is 1.40. The largest absolute Gasteiger partial charge is 0.478 e. The lowest BCUT2D eigenvalue weighted by molar-refractivity contribution is 0.0696. The molecule has 1 atom stereocenters. The molecular weight excluding hydrogens is 333 g/mol. The third-order valence-corrected chi connectivity index (χ3v) is 4.72. The Morgan fingerprint density at radius 1 is 1.29 bits per heavy atom. The minimum absolute atomic E-state index is 0.0596. The van der Waals surface area contributed by atoms with Gasteiger partial charge in [0.25, 0.3) is 5.91 Å². The Bertz CT molecular complexity index is 817. The number of rotatable bonds is 3. The van der Waals surface area contributed by atoms with Gasteiger partial charge in [-0.1, -0.05) is 23.7 Å². The lowest BCUT2D eigenvalue weighted by atomic mass is 10.0. The average molecular weight is 348 g/mol. The fourth-order valence-corrected chi connectivity index (χ4v) is 3.38. The summed E-state index contributed by atoms with van der Waals surface area (Å²) in [5, 5.41) is 9.21. The molecule has 1 amide bonds. The quantitative estimate of drug-likeness (QED) is 0.915. The number of carbonyl (C=O) groups is 2. The molecule has 4 nitrogen and oxygen atoms in total. The van der Waals surface area contributed by atoms with Crippen LogP contribution in [0.3, 0.4) is 0 Å². The van der Waals surface area contributed by atoms with Gasteiger partial charge in [0.05, 0.1) is 22.2 Å². The van der Waals surface area contributed by atoms with E-state index in [1.807, 2.05) is 0 Å². The van der Waals surface area contributed by atoms with Crippen LogP contribution in [-0.2, 0) is 6.42 Å². The fourth-order valence-electron chi connectivity index (χ4n) is 3.14. The van der Waals surface area contributed by atoms with Crippen molar-refractivity contribution in [3.05, 3.63) is 69.5 Å².